The zero-order valence-electron chi connectivity index (χ0n) is 20.1. The quantitative estimate of drug-likeness (QED) is 0.465. The first-order valence-corrected chi connectivity index (χ1v) is 12.8. The fourth-order valence-corrected chi connectivity index (χ4v) is 6.20. The highest BCUT2D eigenvalue weighted by molar-refractivity contribution is 6.35. The minimum Gasteiger partial charge on any atom is -0.480 e. The molecule has 1 aromatic carbocycles. The summed E-state index contributed by atoms with van der Waals surface area (Å²) in [5, 5.41) is 15.5. The SMILES string of the molecule is Cc1nn(C(C)c2ccc(Cl)cc2Cl)c2nc(C3=CCC(N4CCCC4C(=O)O)C(C)C3)cnc12. The monoisotopic (exact) mass is 513 g/mol. The lowest BCUT2D eigenvalue weighted by Gasteiger charge is -2.37. The van der Waals surface area contributed by atoms with Crippen LogP contribution in [0.15, 0.2) is 30.5 Å². The molecule has 1 N–H and O–H groups in total. The number of allylic oxidation sites excluding steroid dienone is 1. The van der Waals surface area contributed by atoms with Crippen LogP contribution >= 0.6 is 23.2 Å². The predicted molar refractivity (Wildman–Crippen MR) is 138 cm³/mol. The van der Waals surface area contributed by atoms with E-state index in [1.807, 2.05) is 36.9 Å². The molecule has 3 heterocycles. The van der Waals surface area contributed by atoms with E-state index in [-0.39, 0.29) is 18.1 Å². The van der Waals surface area contributed by atoms with Crippen LogP contribution in [0, 0.1) is 12.8 Å². The van der Waals surface area contributed by atoms with E-state index in [0.29, 0.717) is 16.0 Å². The Balaban J connectivity index is 1.46. The fraction of sp³-hybridized carbons (Fsp3) is 0.462. The van der Waals surface area contributed by atoms with Gasteiger partial charge in [0, 0.05) is 16.1 Å². The Morgan fingerprint density at radius 3 is 2.80 bits per heavy atom. The number of hydrogen-bond donors (Lipinski definition) is 1. The molecule has 9 heteroatoms. The summed E-state index contributed by atoms with van der Waals surface area (Å²) in [6.45, 7) is 7.03. The molecule has 4 atom stereocenters. The molecule has 0 saturated carbocycles. The highest BCUT2D eigenvalue weighted by atomic mass is 35.5. The highest BCUT2D eigenvalue weighted by Crippen LogP contribution is 2.37. The van der Waals surface area contributed by atoms with Crippen molar-refractivity contribution in [3.8, 4) is 0 Å². The minimum atomic E-state index is -0.709. The van der Waals surface area contributed by atoms with E-state index in [0.717, 1.165) is 65.9 Å². The highest BCUT2D eigenvalue weighted by Gasteiger charge is 2.38. The summed E-state index contributed by atoms with van der Waals surface area (Å²) in [5.74, 6) is -0.384. The first kappa shape index (κ1) is 24.2. The lowest BCUT2D eigenvalue weighted by Crippen LogP contribution is -2.46. The van der Waals surface area contributed by atoms with Crippen molar-refractivity contribution in [2.75, 3.05) is 6.54 Å². The summed E-state index contributed by atoms with van der Waals surface area (Å²) < 4.78 is 1.88. The third-order valence-electron chi connectivity index (χ3n) is 7.49. The van der Waals surface area contributed by atoms with Gasteiger partial charge in [0.05, 0.1) is 23.6 Å². The number of carbonyl (C=O) groups is 1. The van der Waals surface area contributed by atoms with E-state index < -0.39 is 5.97 Å². The van der Waals surface area contributed by atoms with Crippen LogP contribution in [-0.2, 0) is 4.79 Å². The van der Waals surface area contributed by atoms with Gasteiger partial charge in [-0.3, -0.25) is 9.69 Å². The van der Waals surface area contributed by atoms with E-state index >= 15 is 0 Å². The number of aromatic nitrogens is 4. The molecule has 0 amide bonds. The van der Waals surface area contributed by atoms with Gasteiger partial charge in [-0.15, -0.1) is 0 Å². The average Bonchev–Trinajstić information content (AvgIpc) is 3.43. The summed E-state index contributed by atoms with van der Waals surface area (Å²) in [7, 11) is 0. The predicted octanol–water partition coefficient (Wildman–Crippen LogP) is 5.78. The van der Waals surface area contributed by atoms with Gasteiger partial charge < -0.3 is 5.11 Å². The molecule has 5 rings (SSSR count). The molecule has 0 radical (unpaired) electrons. The molecule has 7 nitrogen and oxygen atoms in total. The molecule has 3 aromatic rings. The second kappa shape index (κ2) is 9.52. The van der Waals surface area contributed by atoms with Gasteiger partial charge in [0.15, 0.2) is 5.65 Å². The number of likely N-dealkylation sites (tertiary alicyclic amines) is 1. The Bertz CT molecular complexity index is 1320. The normalized spacial score (nSPS) is 24.0. The second-order valence-corrected chi connectivity index (χ2v) is 10.6. The standard InChI is InChI=1S/C26H29Cl2N5O2/c1-14-11-17(6-9-22(14)32-10-4-5-23(32)26(34)35)21-13-29-24-15(2)31-33(25(24)30-21)16(3)19-8-7-18(27)12-20(19)28/h6-8,12-14,16,22-23H,4-5,9-11H2,1-3H3,(H,34,35). The smallest absolute Gasteiger partial charge is 0.320 e. The number of benzene rings is 1. The van der Waals surface area contributed by atoms with Gasteiger partial charge in [0.1, 0.15) is 11.6 Å². The molecule has 35 heavy (non-hydrogen) atoms. The largest absolute Gasteiger partial charge is 0.480 e. The van der Waals surface area contributed by atoms with E-state index in [1.54, 1.807) is 6.07 Å². The molecule has 0 spiro atoms. The first-order chi connectivity index (χ1) is 16.7. The Morgan fingerprint density at radius 1 is 1.29 bits per heavy atom. The van der Waals surface area contributed by atoms with Crippen molar-refractivity contribution in [2.45, 2.75) is 64.6 Å². The number of aryl methyl sites for hydroxylation is 1. The van der Waals surface area contributed by atoms with Crippen LogP contribution in [0.2, 0.25) is 10.0 Å². The average molecular weight is 514 g/mol. The molecule has 1 saturated heterocycles. The van der Waals surface area contributed by atoms with Crippen molar-refractivity contribution in [1.82, 2.24) is 24.6 Å². The summed E-state index contributed by atoms with van der Waals surface area (Å²) in [5.41, 5.74) is 5.22. The molecule has 4 unspecified atom stereocenters. The number of nitrogens with zero attached hydrogens (tertiary/aromatic N) is 5. The van der Waals surface area contributed by atoms with Gasteiger partial charge in [-0.2, -0.15) is 5.10 Å². The Morgan fingerprint density at radius 2 is 2.09 bits per heavy atom. The fourth-order valence-electron chi connectivity index (χ4n) is 5.63. The maximum Gasteiger partial charge on any atom is 0.320 e. The molecule has 2 aliphatic rings. The molecule has 1 aliphatic carbocycles. The number of carboxylic acids is 1. The number of fused-ring (bicyclic) bond motifs is 1. The molecule has 1 fully saturated rings. The van der Waals surface area contributed by atoms with Crippen LogP contribution in [-0.4, -0.2) is 54.4 Å². The number of carboxylic acid groups (broad SMARTS) is 1. The van der Waals surface area contributed by atoms with Crippen LogP contribution in [0.3, 0.4) is 0 Å². The Labute approximate surface area is 214 Å². The van der Waals surface area contributed by atoms with Crippen LogP contribution in [0.4, 0.5) is 0 Å². The van der Waals surface area contributed by atoms with Crippen LogP contribution in [0.25, 0.3) is 16.7 Å². The maximum atomic E-state index is 11.7. The van der Waals surface area contributed by atoms with Crippen LogP contribution < -0.4 is 0 Å². The summed E-state index contributed by atoms with van der Waals surface area (Å²) in [4.78, 5) is 23.6. The topological polar surface area (TPSA) is 84.1 Å². The van der Waals surface area contributed by atoms with Crippen molar-refractivity contribution in [3.63, 3.8) is 0 Å². The van der Waals surface area contributed by atoms with Crippen molar-refractivity contribution in [3.05, 3.63) is 57.5 Å². The van der Waals surface area contributed by atoms with Crippen molar-refractivity contribution in [2.24, 2.45) is 5.92 Å². The van der Waals surface area contributed by atoms with Gasteiger partial charge in [-0.05, 0) is 75.3 Å². The lowest BCUT2D eigenvalue weighted by atomic mass is 9.83. The van der Waals surface area contributed by atoms with Gasteiger partial charge >= 0.3 is 5.97 Å². The molecule has 0 bridgehead atoms. The van der Waals surface area contributed by atoms with Gasteiger partial charge in [0.2, 0.25) is 0 Å². The summed E-state index contributed by atoms with van der Waals surface area (Å²) >= 11 is 12.6. The molecule has 1 aliphatic heterocycles. The van der Waals surface area contributed by atoms with E-state index in [1.165, 1.54) is 0 Å². The van der Waals surface area contributed by atoms with Crippen LogP contribution in [0.1, 0.15) is 62.5 Å². The maximum absolute atomic E-state index is 11.7. The number of hydrogen-bond acceptors (Lipinski definition) is 5. The second-order valence-electron chi connectivity index (χ2n) is 9.75. The van der Waals surface area contributed by atoms with E-state index in [9.17, 15) is 9.90 Å². The third kappa shape index (κ3) is 4.46. The Hall–Kier alpha value is -2.48. The molecule has 2 aromatic heterocycles. The first-order valence-electron chi connectivity index (χ1n) is 12.1. The van der Waals surface area contributed by atoms with E-state index in [2.05, 4.69) is 17.9 Å². The van der Waals surface area contributed by atoms with Crippen molar-refractivity contribution in [1.29, 1.82) is 0 Å². The molecular formula is C26H29Cl2N5O2. The zero-order chi connectivity index (χ0) is 24.9. The van der Waals surface area contributed by atoms with Gasteiger partial charge in [-0.25, -0.2) is 14.6 Å². The van der Waals surface area contributed by atoms with Gasteiger partial charge in [-0.1, -0.05) is 42.3 Å². The number of halogens is 2. The zero-order valence-corrected chi connectivity index (χ0v) is 21.6. The lowest BCUT2D eigenvalue weighted by molar-refractivity contribution is -0.143. The summed E-state index contributed by atoms with van der Waals surface area (Å²) in [6, 6.07) is 5.21. The third-order valence-corrected chi connectivity index (χ3v) is 8.05. The van der Waals surface area contributed by atoms with Crippen LogP contribution in [0.5, 0.6) is 0 Å². The molecule has 184 valence electrons. The van der Waals surface area contributed by atoms with Crippen molar-refractivity contribution >= 4 is 45.9 Å². The van der Waals surface area contributed by atoms with E-state index in [4.69, 9.17) is 38.3 Å². The summed E-state index contributed by atoms with van der Waals surface area (Å²) in [6.07, 6.45) is 7.36. The van der Waals surface area contributed by atoms with Gasteiger partial charge in [0.25, 0.3) is 0 Å². The Kier molecular flexibility index (Phi) is 6.59. The minimum absolute atomic E-state index is 0.146. The van der Waals surface area contributed by atoms with Crippen molar-refractivity contribution < 1.29 is 9.90 Å². The molecular weight excluding hydrogens is 485 g/mol. The number of aliphatic carboxylic acids is 1. The number of rotatable bonds is 5.